The summed E-state index contributed by atoms with van der Waals surface area (Å²) in [5.41, 5.74) is -0.480. The van der Waals surface area contributed by atoms with Crippen molar-refractivity contribution < 1.29 is 28.8 Å². The quantitative estimate of drug-likeness (QED) is 0.575. The molecule has 2 saturated heterocycles. The molecule has 8 atom stereocenters. The summed E-state index contributed by atoms with van der Waals surface area (Å²) < 4.78 is 24.8. The van der Waals surface area contributed by atoms with Crippen LogP contribution in [0.25, 0.3) is 0 Å². The Morgan fingerprint density at radius 1 is 1.14 bits per heavy atom. The van der Waals surface area contributed by atoms with E-state index >= 15 is 0 Å². The average Bonchev–Trinajstić information content (AvgIpc) is 3.52. The van der Waals surface area contributed by atoms with E-state index in [0.29, 0.717) is 19.4 Å². The third kappa shape index (κ3) is 1.84. The molecule has 3 aliphatic carbocycles. The van der Waals surface area contributed by atoms with Crippen molar-refractivity contribution in [2.45, 2.75) is 102 Å². The van der Waals surface area contributed by atoms with E-state index in [0.717, 1.165) is 24.0 Å². The summed E-state index contributed by atoms with van der Waals surface area (Å²) in [6, 6.07) is 0. The number of rotatable bonds is 3. The monoisotopic (exact) mass is 404 g/mol. The molecule has 0 aromatic heterocycles. The van der Waals surface area contributed by atoms with Gasteiger partial charge in [0.05, 0.1) is 6.10 Å². The molecule has 0 aromatic carbocycles. The molecule has 6 nitrogen and oxygen atoms in total. The SMILES string of the molecule is CC(C)O[C@@H]1[C@@]2(C(C)C)O[C@H]2[C@@H]2O[C@@]23[C@@]2(C)CCC4=C(COC4=O)[C@@H]2CC[C@@]13O. The van der Waals surface area contributed by atoms with Gasteiger partial charge in [-0.05, 0) is 56.9 Å². The lowest BCUT2D eigenvalue weighted by Gasteiger charge is -2.60. The maximum Gasteiger partial charge on any atom is 0.334 e. The number of ether oxygens (including phenoxy) is 4. The third-order valence-corrected chi connectivity index (χ3v) is 9.19. The Morgan fingerprint density at radius 3 is 2.59 bits per heavy atom. The molecule has 6 aliphatic rings. The molecule has 0 radical (unpaired) electrons. The van der Waals surface area contributed by atoms with Gasteiger partial charge in [0, 0.05) is 11.0 Å². The molecule has 2 saturated carbocycles. The molecular formula is C23H32O6. The summed E-state index contributed by atoms with van der Waals surface area (Å²) >= 11 is 0. The maximum absolute atomic E-state index is 12.4. The van der Waals surface area contributed by atoms with Gasteiger partial charge in [-0.3, -0.25) is 0 Å². The first kappa shape index (κ1) is 18.8. The van der Waals surface area contributed by atoms with Gasteiger partial charge >= 0.3 is 5.97 Å². The standard InChI is InChI=1S/C23H32O6/c1-11(2)22-16(28-22)17-23(29-17)20(5)8-6-13-14(10-26-18(13)24)15(20)7-9-21(23,25)19(22)27-12(3)4/h11-12,15-17,19,25H,6-10H2,1-5H3/t15-,16-,17-,19-,20-,21+,22-,23+/m0/s1. The molecule has 3 aliphatic heterocycles. The minimum atomic E-state index is -1.09. The van der Waals surface area contributed by atoms with E-state index in [-0.39, 0.29) is 41.5 Å². The van der Waals surface area contributed by atoms with Crippen molar-refractivity contribution in [2.75, 3.05) is 6.61 Å². The van der Waals surface area contributed by atoms with Gasteiger partial charge in [0.2, 0.25) is 0 Å². The molecule has 160 valence electrons. The van der Waals surface area contributed by atoms with Crippen molar-refractivity contribution in [3.05, 3.63) is 11.1 Å². The van der Waals surface area contributed by atoms with Crippen molar-refractivity contribution >= 4 is 5.97 Å². The van der Waals surface area contributed by atoms with Crippen LogP contribution in [0.15, 0.2) is 11.1 Å². The molecule has 0 amide bonds. The van der Waals surface area contributed by atoms with Crippen molar-refractivity contribution in [2.24, 2.45) is 17.3 Å². The molecule has 1 N–H and O–H groups in total. The second-order valence-electron chi connectivity index (χ2n) is 10.9. The van der Waals surface area contributed by atoms with Crippen LogP contribution in [0.4, 0.5) is 0 Å². The Kier molecular flexibility index (Phi) is 3.41. The van der Waals surface area contributed by atoms with Gasteiger partial charge in [-0.1, -0.05) is 20.8 Å². The van der Waals surface area contributed by atoms with Crippen LogP contribution in [0.3, 0.4) is 0 Å². The van der Waals surface area contributed by atoms with E-state index in [1.54, 1.807) is 0 Å². The number of carbonyl (C=O) groups excluding carboxylic acids is 1. The normalized spacial score (nSPS) is 54.4. The molecular weight excluding hydrogens is 372 g/mol. The number of cyclic esters (lactones) is 1. The van der Waals surface area contributed by atoms with Crippen LogP contribution in [0, 0.1) is 17.3 Å². The minimum absolute atomic E-state index is 0.0103. The van der Waals surface area contributed by atoms with Gasteiger partial charge in [-0.2, -0.15) is 0 Å². The highest BCUT2D eigenvalue weighted by Crippen LogP contribution is 2.78. The Labute approximate surface area is 171 Å². The predicted molar refractivity (Wildman–Crippen MR) is 103 cm³/mol. The van der Waals surface area contributed by atoms with Crippen molar-refractivity contribution in [1.29, 1.82) is 0 Å². The number of epoxide rings is 2. The van der Waals surface area contributed by atoms with Crippen molar-refractivity contribution in [3.8, 4) is 0 Å². The molecule has 6 heteroatoms. The van der Waals surface area contributed by atoms with Gasteiger partial charge in [0.15, 0.2) is 0 Å². The van der Waals surface area contributed by atoms with Gasteiger partial charge < -0.3 is 24.1 Å². The average molecular weight is 405 g/mol. The smallest absolute Gasteiger partial charge is 0.334 e. The van der Waals surface area contributed by atoms with Crippen LogP contribution in [0.5, 0.6) is 0 Å². The van der Waals surface area contributed by atoms with E-state index in [1.807, 2.05) is 13.8 Å². The van der Waals surface area contributed by atoms with E-state index in [4.69, 9.17) is 18.9 Å². The topological polar surface area (TPSA) is 80.8 Å². The number of esters is 1. The second-order valence-corrected chi connectivity index (χ2v) is 10.9. The number of carbonyl (C=O) groups is 1. The van der Waals surface area contributed by atoms with Crippen LogP contribution >= 0.6 is 0 Å². The summed E-state index contributed by atoms with van der Waals surface area (Å²) in [4.78, 5) is 12.2. The molecule has 3 heterocycles. The van der Waals surface area contributed by atoms with E-state index < -0.39 is 22.9 Å². The first-order valence-corrected chi connectivity index (χ1v) is 11.3. The summed E-state index contributed by atoms with van der Waals surface area (Å²) in [5.74, 6) is 0.283. The van der Waals surface area contributed by atoms with Crippen LogP contribution in [-0.4, -0.2) is 58.9 Å². The van der Waals surface area contributed by atoms with Gasteiger partial charge in [-0.25, -0.2) is 4.79 Å². The highest BCUT2D eigenvalue weighted by atomic mass is 16.7. The van der Waals surface area contributed by atoms with Crippen molar-refractivity contribution in [1.82, 2.24) is 0 Å². The first-order chi connectivity index (χ1) is 13.6. The molecule has 0 unspecified atom stereocenters. The predicted octanol–water partition coefficient (Wildman–Crippen LogP) is 2.52. The summed E-state index contributed by atoms with van der Waals surface area (Å²) in [6.07, 6.45) is 2.38. The highest BCUT2D eigenvalue weighted by molar-refractivity contribution is 5.92. The lowest BCUT2D eigenvalue weighted by Crippen LogP contribution is -2.74. The minimum Gasteiger partial charge on any atom is -0.458 e. The summed E-state index contributed by atoms with van der Waals surface area (Å²) in [5, 5.41) is 12.4. The summed E-state index contributed by atoms with van der Waals surface area (Å²) in [7, 11) is 0. The Morgan fingerprint density at radius 2 is 1.90 bits per heavy atom. The molecule has 1 spiro atoms. The molecule has 6 rings (SSSR count). The van der Waals surface area contributed by atoms with E-state index in [2.05, 4.69) is 20.8 Å². The van der Waals surface area contributed by atoms with Crippen molar-refractivity contribution in [3.63, 3.8) is 0 Å². The Hall–Kier alpha value is -0.950. The van der Waals surface area contributed by atoms with Crippen LogP contribution in [0.2, 0.25) is 0 Å². The van der Waals surface area contributed by atoms with Gasteiger partial charge in [0.25, 0.3) is 0 Å². The fourth-order valence-corrected chi connectivity index (χ4v) is 7.85. The molecule has 4 fully saturated rings. The molecule has 0 bridgehead atoms. The molecule has 29 heavy (non-hydrogen) atoms. The lowest BCUT2D eigenvalue weighted by molar-refractivity contribution is -0.240. The largest absolute Gasteiger partial charge is 0.458 e. The molecule has 0 aromatic rings. The second kappa shape index (κ2) is 5.26. The number of hydrogen-bond acceptors (Lipinski definition) is 6. The first-order valence-electron chi connectivity index (χ1n) is 11.3. The van der Waals surface area contributed by atoms with E-state index in [1.165, 1.54) is 0 Å². The highest BCUT2D eigenvalue weighted by Gasteiger charge is 2.94. The number of hydrogen-bond donors (Lipinski definition) is 1. The lowest BCUT2D eigenvalue weighted by atomic mass is 9.45. The fraction of sp³-hybridized carbons (Fsp3) is 0.870. The van der Waals surface area contributed by atoms with Gasteiger partial charge in [-0.15, -0.1) is 0 Å². The Balaban J connectivity index is 1.47. The maximum atomic E-state index is 12.4. The zero-order valence-corrected chi connectivity index (χ0v) is 18.0. The summed E-state index contributed by atoms with van der Waals surface area (Å²) in [6.45, 7) is 11.0. The fourth-order valence-electron chi connectivity index (χ4n) is 7.85. The van der Waals surface area contributed by atoms with Crippen LogP contribution in [0.1, 0.15) is 60.3 Å². The number of fused-ring (bicyclic) bond motifs is 4. The Bertz CT molecular complexity index is 833. The van der Waals surface area contributed by atoms with Crippen LogP contribution < -0.4 is 0 Å². The zero-order valence-electron chi connectivity index (χ0n) is 18.0. The van der Waals surface area contributed by atoms with Gasteiger partial charge in [0.1, 0.15) is 41.7 Å². The zero-order chi connectivity index (χ0) is 20.6. The van der Waals surface area contributed by atoms with E-state index in [9.17, 15) is 9.90 Å². The number of aliphatic hydroxyl groups is 1. The third-order valence-electron chi connectivity index (χ3n) is 9.19. The van der Waals surface area contributed by atoms with Crippen LogP contribution in [-0.2, 0) is 23.7 Å².